The van der Waals surface area contributed by atoms with Crippen LogP contribution in [0.1, 0.15) is 31.0 Å². The highest BCUT2D eigenvalue weighted by Crippen LogP contribution is 2.39. The van der Waals surface area contributed by atoms with Crippen molar-refractivity contribution in [2.24, 2.45) is 5.84 Å². The lowest BCUT2D eigenvalue weighted by atomic mass is 9.75. The van der Waals surface area contributed by atoms with E-state index in [1.807, 2.05) is 44.2 Å². The summed E-state index contributed by atoms with van der Waals surface area (Å²) in [5.41, 5.74) is 3.83. The molecule has 2 rings (SSSR count). The molecular weight excluding hydrogens is 355 g/mol. The molecule has 5 heteroatoms. The quantitative estimate of drug-likeness (QED) is 0.463. The van der Waals surface area contributed by atoms with Crippen LogP contribution in [0.15, 0.2) is 46.9 Å². The fourth-order valence-corrected chi connectivity index (χ4v) is 2.96. The zero-order chi connectivity index (χ0) is 15.6. The van der Waals surface area contributed by atoms with Gasteiger partial charge in [-0.05, 0) is 27.6 Å². The SMILES string of the molecule is CC(C)(c1ccccc1)C(NN)c1ccc(Br)c(Cl)c1F. The third kappa shape index (κ3) is 3.14. The van der Waals surface area contributed by atoms with E-state index in [1.54, 1.807) is 12.1 Å². The second kappa shape index (κ2) is 6.44. The number of hydrogen-bond acceptors (Lipinski definition) is 2. The zero-order valence-corrected chi connectivity index (χ0v) is 14.2. The molecule has 0 spiro atoms. The van der Waals surface area contributed by atoms with Crippen molar-refractivity contribution >= 4 is 27.5 Å². The van der Waals surface area contributed by atoms with Crippen LogP contribution < -0.4 is 11.3 Å². The molecule has 0 aliphatic heterocycles. The van der Waals surface area contributed by atoms with Crippen LogP contribution in [0.2, 0.25) is 5.02 Å². The highest BCUT2D eigenvalue weighted by atomic mass is 79.9. The van der Waals surface area contributed by atoms with Crippen LogP contribution in [0.5, 0.6) is 0 Å². The number of halogens is 3. The number of rotatable bonds is 4. The van der Waals surface area contributed by atoms with Crippen molar-refractivity contribution < 1.29 is 4.39 Å². The van der Waals surface area contributed by atoms with Gasteiger partial charge in [-0.15, -0.1) is 0 Å². The number of nitrogens with two attached hydrogens (primary N) is 1. The van der Waals surface area contributed by atoms with Crippen molar-refractivity contribution in [3.8, 4) is 0 Å². The van der Waals surface area contributed by atoms with E-state index in [2.05, 4.69) is 21.4 Å². The van der Waals surface area contributed by atoms with E-state index in [-0.39, 0.29) is 5.02 Å². The molecule has 2 aromatic carbocycles. The molecule has 1 unspecified atom stereocenters. The summed E-state index contributed by atoms with van der Waals surface area (Å²) in [6.45, 7) is 4.03. The predicted molar refractivity (Wildman–Crippen MR) is 88.6 cm³/mol. The molecule has 0 fully saturated rings. The van der Waals surface area contributed by atoms with Crippen LogP contribution in [0, 0.1) is 5.82 Å². The topological polar surface area (TPSA) is 38.0 Å². The van der Waals surface area contributed by atoms with Gasteiger partial charge in [0.2, 0.25) is 0 Å². The van der Waals surface area contributed by atoms with E-state index in [9.17, 15) is 4.39 Å². The van der Waals surface area contributed by atoms with E-state index < -0.39 is 17.3 Å². The minimum absolute atomic E-state index is 0.0663. The lowest BCUT2D eigenvalue weighted by Gasteiger charge is -2.35. The summed E-state index contributed by atoms with van der Waals surface area (Å²) >= 11 is 9.21. The average Bonchev–Trinajstić information content (AvgIpc) is 2.48. The Hall–Kier alpha value is -0.940. The fraction of sp³-hybridized carbons (Fsp3) is 0.250. The summed E-state index contributed by atoms with van der Waals surface area (Å²) in [5, 5.41) is 0.0663. The van der Waals surface area contributed by atoms with Crippen LogP contribution in [0.25, 0.3) is 0 Å². The van der Waals surface area contributed by atoms with Crippen molar-refractivity contribution in [2.45, 2.75) is 25.3 Å². The smallest absolute Gasteiger partial charge is 0.147 e. The molecule has 0 amide bonds. The number of nitrogens with one attached hydrogen (secondary N) is 1. The van der Waals surface area contributed by atoms with Gasteiger partial charge in [0.15, 0.2) is 0 Å². The van der Waals surface area contributed by atoms with Crippen LogP contribution in [-0.4, -0.2) is 0 Å². The van der Waals surface area contributed by atoms with Gasteiger partial charge in [-0.3, -0.25) is 11.3 Å². The molecule has 0 aliphatic carbocycles. The van der Waals surface area contributed by atoms with E-state index >= 15 is 0 Å². The van der Waals surface area contributed by atoms with E-state index in [4.69, 9.17) is 17.4 Å². The molecular formula is C16H17BrClFN2. The standard InChI is InChI=1S/C16H17BrClFN2/c1-16(2,10-6-4-3-5-7-10)15(21-20)11-8-9-12(17)13(18)14(11)19/h3-9,15,21H,20H2,1-2H3. The van der Waals surface area contributed by atoms with Gasteiger partial charge in [0.25, 0.3) is 0 Å². The molecule has 0 saturated carbocycles. The van der Waals surface area contributed by atoms with E-state index in [0.717, 1.165) is 5.56 Å². The van der Waals surface area contributed by atoms with Crippen molar-refractivity contribution in [3.63, 3.8) is 0 Å². The summed E-state index contributed by atoms with van der Waals surface area (Å²) in [7, 11) is 0. The molecule has 0 saturated heterocycles. The van der Waals surface area contributed by atoms with Crippen molar-refractivity contribution in [3.05, 3.63) is 68.9 Å². The molecule has 3 N–H and O–H groups in total. The minimum Gasteiger partial charge on any atom is -0.271 e. The van der Waals surface area contributed by atoms with Crippen LogP contribution in [0.3, 0.4) is 0 Å². The average molecular weight is 372 g/mol. The lowest BCUT2D eigenvalue weighted by Crippen LogP contribution is -2.41. The summed E-state index contributed by atoms with van der Waals surface area (Å²) in [4.78, 5) is 0. The Morgan fingerprint density at radius 1 is 1.19 bits per heavy atom. The van der Waals surface area contributed by atoms with Gasteiger partial charge in [0, 0.05) is 15.5 Å². The Balaban J connectivity index is 2.52. The summed E-state index contributed by atoms with van der Waals surface area (Å²) in [6.07, 6.45) is 0. The van der Waals surface area contributed by atoms with Crippen LogP contribution >= 0.6 is 27.5 Å². The van der Waals surface area contributed by atoms with Crippen LogP contribution in [0.4, 0.5) is 4.39 Å². The zero-order valence-electron chi connectivity index (χ0n) is 11.8. The minimum atomic E-state index is -0.460. The Bertz CT molecular complexity index is 632. The molecule has 21 heavy (non-hydrogen) atoms. The maximum atomic E-state index is 14.5. The highest BCUT2D eigenvalue weighted by Gasteiger charge is 2.34. The summed E-state index contributed by atoms with van der Waals surface area (Å²) in [5.74, 6) is 5.25. The van der Waals surface area contributed by atoms with Crippen molar-refractivity contribution in [2.75, 3.05) is 0 Å². The van der Waals surface area contributed by atoms with Gasteiger partial charge in [-0.1, -0.05) is 61.8 Å². The number of hydrazine groups is 1. The normalized spacial score (nSPS) is 13.2. The molecule has 0 bridgehead atoms. The van der Waals surface area contributed by atoms with Gasteiger partial charge in [0.1, 0.15) is 5.82 Å². The first-order valence-electron chi connectivity index (χ1n) is 6.54. The number of benzene rings is 2. The van der Waals surface area contributed by atoms with Gasteiger partial charge in [-0.2, -0.15) is 0 Å². The molecule has 1 atom stereocenters. The van der Waals surface area contributed by atoms with Gasteiger partial charge >= 0.3 is 0 Å². The Morgan fingerprint density at radius 3 is 2.38 bits per heavy atom. The first-order chi connectivity index (χ1) is 9.89. The second-order valence-corrected chi connectivity index (χ2v) is 6.68. The lowest BCUT2D eigenvalue weighted by molar-refractivity contribution is 0.342. The molecule has 2 nitrogen and oxygen atoms in total. The summed E-state index contributed by atoms with van der Waals surface area (Å²) < 4.78 is 15.0. The third-order valence-corrected chi connectivity index (χ3v) is 5.04. The maximum absolute atomic E-state index is 14.5. The fourth-order valence-electron chi connectivity index (χ4n) is 2.49. The van der Waals surface area contributed by atoms with Crippen LogP contribution in [-0.2, 0) is 5.41 Å². The van der Waals surface area contributed by atoms with Gasteiger partial charge < -0.3 is 0 Å². The Morgan fingerprint density at radius 2 is 1.81 bits per heavy atom. The van der Waals surface area contributed by atoms with Crippen molar-refractivity contribution in [1.29, 1.82) is 0 Å². The molecule has 2 aromatic rings. The van der Waals surface area contributed by atoms with Crippen molar-refractivity contribution in [1.82, 2.24) is 5.43 Å². The first kappa shape index (κ1) is 16.4. The van der Waals surface area contributed by atoms with E-state index in [1.165, 1.54) is 0 Å². The Labute approximate surface area is 137 Å². The molecule has 0 heterocycles. The van der Waals surface area contributed by atoms with Gasteiger partial charge in [0.05, 0.1) is 11.1 Å². The Kier molecular flexibility index (Phi) is 5.04. The van der Waals surface area contributed by atoms with E-state index in [0.29, 0.717) is 10.0 Å². The maximum Gasteiger partial charge on any atom is 0.147 e. The monoisotopic (exact) mass is 370 g/mol. The molecule has 0 radical (unpaired) electrons. The number of hydrogen-bond donors (Lipinski definition) is 2. The second-order valence-electron chi connectivity index (χ2n) is 5.45. The molecule has 0 aromatic heterocycles. The largest absolute Gasteiger partial charge is 0.271 e. The van der Waals surface area contributed by atoms with Gasteiger partial charge in [-0.25, -0.2) is 4.39 Å². The first-order valence-corrected chi connectivity index (χ1v) is 7.71. The highest BCUT2D eigenvalue weighted by molar-refractivity contribution is 9.10. The molecule has 112 valence electrons. The third-order valence-electron chi connectivity index (χ3n) is 3.78. The summed E-state index contributed by atoms with van der Waals surface area (Å²) in [6, 6.07) is 12.9. The molecule has 0 aliphatic rings. The predicted octanol–water partition coefficient (Wildman–Crippen LogP) is 4.72.